The van der Waals surface area contributed by atoms with Crippen LogP contribution in [0.4, 0.5) is 0 Å². The molecule has 0 fully saturated rings. The summed E-state index contributed by atoms with van der Waals surface area (Å²) < 4.78 is 11.6. The van der Waals surface area contributed by atoms with Crippen LogP contribution in [-0.4, -0.2) is 23.1 Å². The molecule has 1 aliphatic heterocycles. The van der Waals surface area contributed by atoms with Crippen molar-refractivity contribution in [3.05, 3.63) is 42.0 Å². The number of ether oxygens (including phenoxy) is 2. The summed E-state index contributed by atoms with van der Waals surface area (Å²) in [6.07, 6.45) is 1.66. The zero-order chi connectivity index (χ0) is 13.1. The smallest absolute Gasteiger partial charge is 0.190 e. The van der Waals surface area contributed by atoms with Crippen LogP contribution in [-0.2, 0) is 6.54 Å². The zero-order valence-corrected chi connectivity index (χ0v) is 10.8. The Balaban J connectivity index is 1.72. The molecule has 0 saturated heterocycles. The van der Waals surface area contributed by atoms with E-state index in [2.05, 4.69) is 22.2 Å². The fraction of sp³-hybridized carbons (Fsp3) is 0.357. The van der Waals surface area contributed by atoms with Crippen LogP contribution in [0, 0.1) is 0 Å². The lowest BCUT2D eigenvalue weighted by atomic mass is 10.2. The molecule has 2 aromatic rings. The Morgan fingerprint density at radius 3 is 3.05 bits per heavy atom. The fourth-order valence-corrected chi connectivity index (χ4v) is 2.04. The van der Waals surface area contributed by atoms with Gasteiger partial charge >= 0.3 is 0 Å². The van der Waals surface area contributed by atoms with E-state index in [0.717, 1.165) is 36.1 Å². The minimum atomic E-state index is -0.176. The summed E-state index contributed by atoms with van der Waals surface area (Å²) >= 11 is 0. The lowest BCUT2D eigenvalue weighted by molar-refractivity contribution is 0.0856. The van der Waals surface area contributed by atoms with Gasteiger partial charge in [-0.1, -0.05) is 19.1 Å². The van der Waals surface area contributed by atoms with Crippen LogP contribution < -0.4 is 14.8 Å². The van der Waals surface area contributed by atoms with E-state index in [0.29, 0.717) is 6.61 Å². The van der Waals surface area contributed by atoms with Gasteiger partial charge in [-0.25, -0.2) is 4.98 Å². The quantitative estimate of drug-likeness (QED) is 0.882. The van der Waals surface area contributed by atoms with Crippen molar-refractivity contribution in [2.45, 2.75) is 19.6 Å². The number of nitrogens with zero attached hydrogens (tertiary/aromatic N) is 1. The summed E-state index contributed by atoms with van der Waals surface area (Å²) in [4.78, 5) is 7.64. The van der Waals surface area contributed by atoms with E-state index < -0.39 is 0 Å². The van der Waals surface area contributed by atoms with Gasteiger partial charge in [-0.05, 0) is 18.7 Å². The molecule has 1 atom stereocenters. The Labute approximate surface area is 112 Å². The summed E-state index contributed by atoms with van der Waals surface area (Å²) in [6.45, 7) is 4.27. The van der Waals surface area contributed by atoms with Crippen LogP contribution in [0.2, 0.25) is 0 Å². The number of benzene rings is 1. The first-order valence-electron chi connectivity index (χ1n) is 6.50. The van der Waals surface area contributed by atoms with Crippen molar-refractivity contribution in [1.82, 2.24) is 15.3 Å². The van der Waals surface area contributed by atoms with E-state index in [9.17, 15) is 0 Å². The molecule has 0 aliphatic carbocycles. The fourth-order valence-electron chi connectivity index (χ4n) is 2.04. The molecule has 1 aromatic heterocycles. The van der Waals surface area contributed by atoms with Gasteiger partial charge < -0.3 is 19.8 Å². The molecule has 0 radical (unpaired) electrons. The highest BCUT2D eigenvalue weighted by molar-refractivity contribution is 5.41. The predicted octanol–water partition coefficient (Wildman–Crippen LogP) is 2.03. The van der Waals surface area contributed by atoms with Crippen LogP contribution >= 0.6 is 0 Å². The molecular weight excluding hydrogens is 242 g/mol. The van der Waals surface area contributed by atoms with E-state index in [4.69, 9.17) is 9.47 Å². The Kier molecular flexibility index (Phi) is 3.37. The number of nitrogens with one attached hydrogen (secondary N) is 2. The van der Waals surface area contributed by atoms with Gasteiger partial charge in [0, 0.05) is 18.4 Å². The molecule has 1 aliphatic rings. The van der Waals surface area contributed by atoms with Gasteiger partial charge in [-0.15, -0.1) is 0 Å². The number of hydrogen-bond acceptors (Lipinski definition) is 4. The van der Waals surface area contributed by atoms with Crippen molar-refractivity contribution < 1.29 is 9.47 Å². The second-order valence-corrected chi connectivity index (χ2v) is 4.44. The van der Waals surface area contributed by atoms with E-state index in [-0.39, 0.29) is 6.10 Å². The summed E-state index contributed by atoms with van der Waals surface area (Å²) in [5.74, 6) is 2.36. The summed E-state index contributed by atoms with van der Waals surface area (Å²) in [7, 11) is 0. The van der Waals surface area contributed by atoms with Gasteiger partial charge in [-0.3, -0.25) is 0 Å². The first-order chi connectivity index (χ1) is 9.36. The van der Waals surface area contributed by atoms with Crippen LogP contribution in [0.5, 0.6) is 11.5 Å². The van der Waals surface area contributed by atoms with Crippen LogP contribution in [0.1, 0.15) is 24.5 Å². The van der Waals surface area contributed by atoms with Gasteiger partial charge in [0.2, 0.25) is 0 Å². The SMILES string of the molecule is CCNCc1cnc(C2COc3ccccc3O2)[nH]1. The topological polar surface area (TPSA) is 59.2 Å². The lowest BCUT2D eigenvalue weighted by Crippen LogP contribution is -2.22. The molecule has 0 amide bonds. The van der Waals surface area contributed by atoms with Gasteiger partial charge in [0.25, 0.3) is 0 Å². The van der Waals surface area contributed by atoms with Crippen molar-refractivity contribution in [3.63, 3.8) is 0 Å². The first kappa shape index (κ1) is 12.0. The van der Waals surface area contributed by atoms with Crippen molar-refractivity contribution in [3.8, 4) is 11.5 Å². The number of H-pyrrole nitrogens is 1. The second-order valence-electron chi connectivity index (χ2n) is 4.44. The minimum absolute atomic E-state index is 0.176. The maximum Gasteiger partial charge on any atom is 0.190 e. The van der Waals surface area contributed by atoms with E-state index >= 15 is 0 Å². The number of hydrogen-bond donors (Lipinski definition) is 2. The third-order valence-corrected chi connectivity index (χ3v) is 3.03. The Hall–Kier alpha value is -2.01. The molecule has 100 valence electrons. The number of aromatic amines is 1. The van der Waals surface area contributed by atoms with Gasteiger partial charge in [-0.2, -0.15) is 0 Å². The van der Waals surface area contributed by atoms with Gasteiger partial charge in [0.1, 0.15) is 6.61 Å². The maximum absolute atomic E-state index is 5.90. The van der Waals surface area contributed by atoms with Crippen molar-refractivity contribution in [2.75, 3.05) is 13.2 Å². The summed E-state index contributed by atoms with van der Waals surface area (Å²) in [6, 6.07) is 7.68. The molecule has 0 bridgehead atoms. The predicted molar refractivity (Wildman–Crippen MR) is 71.3 cm³/mol. The maximum atomic E-state index is 5.90. The van der Waals surface area contributed by atoms with Crippen molar-refractivity contribution in [1.29, 1.82) is 0 Å². The Bertz CT molecular complexity index is 553. The molecule has 2 N–H and O–H groups in total. The Morgan fingerprint density at radius 2 is 2.21 bits per heavy atom. The van der Waals surface area contributed by atoms with E-state index in [1.165, 1.54) is 0 Å². The monoisotopic (exact) mass is 259 g/mol. The van der Waals surface area contributed by atoms with Crippen molar-refractivity contribution in [2.24, 2.45) is 0 Å². The normalized spacial score (nSPS) is 17.4. The van der Waals surface area contributed by atoms with Gasteiger partial charge in [0.05, 0.1) is 0 Å². The molecule has 5 heteroatoms. The molecule has 3 rings (SSSR count). The number of para-hydroxylation sites is 2. The highest BCUT2D eigenvalue weighted by Crippen LogP contribution is 2.34. The van der Waals surface area contributed by atoms with Gasteiger partial charge in [0.15, 0.2) is 23.4 Å². The van der Waals surface area contributed by atoms with Crippen molar-refractivity contribution >= 4 is 0 Å². The molecule has 0 saturated carbocycles. The first-order valence-corrected chi connectivity index (χ1v) is 6.50. The molecule has 0 spiro atoms. The third-order valence-electron chi connectivity index (χ3n) is 3.03. The average molecular weight is 259 g/mol. The highest BCUT2D eigenvalue weighted by atomic mass is 16.6. The molecule has 5 nitrogen and oxygen atoms in total. The standard InChI is InChI=1S/C14H17N3O2/c1-2-15-7-10-8-16-14(17-10)13-9-18-11-5-3-4-6-12(11)19-13/h3-6,8,13,15H,2,7,9H2,1H3,(H,16,17). The molecule has 1 aromatic carbocycles. The average Bonchev–Trinajstić information content (AvgIpc) is 2.93. The van der Waals surface area contributed by atoms with Crippen LogP contribution in [0.15, 0.2) is 30.5 Å². The molecule has 19 heavy (non-hydrogen) atoms. The number of fused-ring (bicyclic) bond motifs is 1. The van der Waals surface area contributed by atoms with E-state index in [1.807, 2.05) is 30.5 Å². The number of rotatable bonds is 4. The third kappa shape index (κ3) is 2.56. The Morgan fingerprint density at radius 1 is 1.37 bits per heavy atom. The highest BCUT2D eigenvalue weighted by Gasteiger charge is 2.24. The summed E-state index contributed by atoms with van der Waals surface area (Å²) in [5.41, 5.74) is 1.05. The second kappa shape index (κ2) is 5.32. The van der Waals surface area contributed by atoms with Crippen LogP contribution in [0.3, 0.4) is 0 Å². The molecular formula is C14H17N3O2. The summed E-state index contributed by atoms with van der Waals surface area (Å²) in [5, 5.41) is 3.25. The lowest BCUT2D eigenvalue weighted by Gasteiger charge is -2.24. The zero-order valence-electron chi connectivity index (χ0n) is 10.8. The minimum Gasteiger partial charge on any atom is -0.485 e. The number of imidazole rings is 1. The number of aromatic nitrogens is 2. The molecule has 1 unspecified atom stereocenters. The molecule has 2 heterocycles. The largest absolute Gasteiger partial charge is 0.485 e. The van der Waals surface area contributed by atoms with Crippen LogP contribution in [0.25, 0.3) is 0 Å². The van der Waals surface area contributed by atoms with E-state index in [1.54, 1.807) is 0 Å².